The number of nitrogens with one attached hydrogen (secondary N) is 1. The summed E-state index contributed by atoms with van der Waals surface area (Å²) >= 11 is 0. The molecule has 2 rings (SSSR count). The lowest BCUT2D eigenvalue weighted by Gasteiger charge is -2.22. The first-order valence-corrected chi connectivity index (χ1v) is 8.62. The topological polar surface area (TPSA) is 47.6 Å². The van der Waals surface area contributed by atoms with Crippen LogP contribution in [0.25, 0.3) is 0 Å². The Labute approximate surface area is 150 Å². The lowest BCUT2D eigenvalue weighted by molar-refractivity contribution is -0.128. The minimum atomic E-state index is -0.591. The molecular formula is C21H27NO3. The molecule has 2 aromatic carbocycles. The number of amides is 1. The second kappa shape index (κ2) is 8.56. The Balaban J connectivity index is 2.05. The maximum atomic E-state index is 12.6. The Morgan fingerprint density at radius 2 is 1.84 bits per heavy atom. The molecule has 0 unspecified atom stereocenters. The van der Waals surface area contributed by atoms with Gasteiger partial charge in [-0.15, -0.1) is 0 Å². The summed E-state index contributed by atoms with van der Waals surface area (Å²) in [6.45, 7) is 7.97. The van der Waals surface area contributed by atoms with Gasteiger partial charge in [-0.2, -0.15) is 0 Å². The second-order valence-electron chi connectivity index (χ2n) is 6.27. The van der Waals surface area contributed by atoms with Gasteiger partial charge >= 0.3 is 0 Å². The minimum Gasteiger partial charge on any atom is -0.497 e. The fraction of sp³-hybridized carbons (Fsp3) is 0.381. The van der Waals surface area contributed by atoms with Crippen LogP contribution in [0.1, 0.15) is 43.0 Å². The van der Waals surface area contributed by atoms with E-state index >= 15 is 0 Å². The van der Waals surface area contributed by atoms with Gasteiger partial charge in [0.15, 0.2) is 6.10 Å². The van der Waals surface area contributed by atoms with Crippen molar-refractivity contribution in [1.29, 1.82) is 0 Å². The van der Waals surface area contributed by atoms with Gasteiger partial charge in [-0.1, -0.05) is 36.8 Å². The molecule has 0 heterocycles. The summed E-state index contributed by atoms with van der Waals surface area (Å²) in [7, 11) is 1.60. The Hall–Kier alpha value is -2.49. The molecule has 25 heavy (non-hydrogen) atoms. The first kappa shape index (κ1) is 18.8. The maximum Gasteiger partial charge on any atom is 0.261 e. The van der Waals surface area contributed by atoms with E-state index < -0.39 is 6.10 Å². The third-order valence-corrected chi connectivity index (χ3v) is 4.25. The number of aryl methyl sites for hydroxylation is 2. The number of ether oxygens (including phenoxy) is 2. The zero-order chi connectivity index (χ0) is 18.4. The third-order valence-electron chi connectivity index (χ3n) is 4.25. The summed E-state index contributed by atoms with van der Waals surface area (Å²) in [4.78, 5) is 12.6. The van der Waals surface area contributed by atoms with Gasteiger partial charge in [-0.3, -0.25) is 4.79 Å². The van der Waals surface area contributed by atoms with Crippen LogP contribution in [0.15, 0.2) is 42.5 Å². The summed E-state index contributed by atoms with van der Waals surface area (Å²) in [5.41, 5.74) is 3.56. The average molecular weight is 341 g/mol. The lowest BCUT2D eigenvalue weighted by Crippen LogP contribution is -2.38. The van der Waals surface area contributed by atoms with Crippen molar-refractivity contribution >= 4 is 5.91 Å². The van der Waals surface area contributed by atoms with Gasteiger partial charge < -0.3 is 14.8 Å². The molecule has 0 aliphatic heterocycles. The quantitative estimate of drug-likeness (QED) is 0.814. The fourth-order valence-electron chi connectivity index (χ4n) is 2.84. The molecule has 134 valence electrons. The molecule has 0 radical (unpaired) electrons. The van der Waals surface area contributed by atoms with Crippen LogP contribution >= 0.6 is 0 Å². The van der Waals surface area contributed by atoms with Crippen LogP contribution in [0.5, 0.6) is 11.5 Å². The minimum absolute atomic E-state index is 0.0236. The van der Waals surface area contributed by atoms with Gasteiger partial charge in [0.05, 0.1) is 13.2 Å². The first-order valence-electron chi connectivity index (χ1n) is 8.62. The van der Waals surface area contributed by atoms with Crippen molar-refractivity contribution in [2.75, 3.05) is 7.11 Å². The highest BCUT2D eigenvalue weighted by atomic mass is 16.5. The Morgan fingerprint density at radius 3 is 2.48 bits per heavy atom. The molecule has 0 saturated heterocycles. The number of methoxy groups -OCH3 is 1. The predicted molar refractivity (Wildman–Crippen MR) is 100 cm³/mol. The molecule has 0 spiro atoms. The first-order chi connectivity index (χ1) is 11.9. The van der Waals surface area contributed by atoms with E-state index in [4.69, 9.17) is 9.47 Å². The van der Waals surface area contributed by atoms with Crippen LogP contribution < -0.4 is 14.8 Å². The highest BCUT2D eigenvalue weighted by Gasteiger charge is 2.20. The molecule has 2 aromatic rings. The van der Waals surface area contributed by atoms with Crippen LogP contribution in [0.4, 0.5) is 0 Å². The average Bonchev–Trinajstić information content (AvgIpc) is 2.60. The van der Waals surface area contributed by atoms with E-state index in [2.05, 4.69) is 44.3 Å². The third kappa shape index (κ3) is 4.99. The van der Waals surface area contributed by atoms with Gasteiger partial charge in [0.1, 0.15) is 11.5 Å². The van der Waals surface area contributed by atoms with Gasteiger partial charge in [0.25, 0.3) is 5.91 Å². The smallest absolute Gasteiger partial charge is 0.261 e. The SMILES string of the molecule is CC[C@H](NC(=O)[C@@H](C)Oc1cccc(OC)c1)c1ccc(C)cc1C. The lowest BCUT2D eigenvalue weighted by atomic mass is 9.97. The molecule has 0 fully saturated rings. The Kier molecular flexibility index (Phi) is 6.45. The van der Waals surface area contributed by atoms with Crippen LogP contribution in [-0.2, 0) is 4.79 Å². The summed E-state index contributed by atoms with van der Waals surface area (Å²) in [6, 6.07) is 13.5. The monoisotopic (exact) mass is 341 g/mol. The molecular weight excluding hydrogens is 314 g/mol. The van der Waals surface area contributed by atoms with Gasteiger partial charge in [0, 0.05) is 6.07 Å². The summed E-state index contributed by atoms with van der Waals surface area (Å²) < 4.78 is 10.9. The molecule has 2 atom stereocenters. The standard InChI is InChI=1S/C21H27NO3/c1-6-20(19-11-10-14(2)12-15(19)3)22-21(23)16(4)25-18-9-7-8-17(13-18)24-5/h7-13,16,20H,6H2,1-5H3,(H,22,23)/t16-,20+/m1/s1. The molecule has 0 saturated carbocycles. The van der Waals surface area contributed by atoms with E-state index in [-0.39, 0.29) is 11.9 Å². The molecule has 1 amide bonds. The van der Waals surface area contributed by atoms with E-state index in [1.54, 1.807) is 20.1 Å². The molecule has 4 heteroatoms. The van der Waals surface area contributed by atoms with Crippen molar-refractivity contribution < 1.29 is 14.3 Å². The van der Waals surface area contributed by atoms with E-state index in [0.717, 1.165) is 12.0 Å². The number of hydrogen-bond donors (Lipinski definition) is 1. The van der Waals surface area contributed by atoms with Crippen molar-refractivity contribution in [1.82, 2.24) is 5.32 Å². The Morgan fingerprint density at radius 1 is 1.12 bits per heavy atom. The normalized spacial score (nSPS) is 13.0. The molecule has 0 bridgehead atoms. The molecule has 0 aliphatic carbocycles. The summed E-state index contributed by atoms with van der Waals surface area (Å²) in [6.07, 6.45) is 0.230. The molecule has 0 aromatic heterocycles. The van der Waals surface area contributed by atoms with Crippen molar-refractivity contribution in [3.8, 4) is 11.5 Å². The number of carbonyl (C=O) groups is 1. The zero-order valence-corrected chi connectivity index (χ0v) is 15.6. The van der Waals surface area contributed by atoms with Gasteiger partial charge in [-0.05, 0) is 50.5 Å². The van der Waals surface area contributed by atoms with Crippen LogP contribution in [0.3, 0.4) is 0 Å². The van der Waals surface area contributed by atoms with E-state index in [1.807, 2.05) is 18.2 Å². The largest absolute Gasteiger partial charge is 0.497 e. The number of hydrogen-bond acceptors (Lipinski definition) is 3. The van der Waals surface area contributed by atoms with Gasteiger partial charge in [0.2, 0.25) is 0 Å². The highest BCUT2D eigenvalue weighted by Crippen LogP contribution is 2.23. The van der Waals surface area contributed by atoms with E-state index in [1.165, 1.54) is 11.1 Å². The molecule has 1 N–H and O–H groups in total. The zero-order valence-electron chi connectivity index (χ0n) is 15.6. The second-order valence-corrected chi connectivity index (χ2v) is 6.27. The van der Waals surface area contributed by atoms with E-state index in [0.29, 0.717) is 11.5 Å². The molecule has 0 aliphatic rings. The number of benzene rings is 2. The number of carbonyl (C=O) groups excluding carboxylic acids is 1. The maximum absolute atomic E-state index is 12.6. The summed E-state index contributed by atoms with van der Waals surface area (Å²) in [5.74, 6) is 1.18. The number of rotatable bonds is 7. The van der Waals surface area contributed by atoms with Crippen LogP contribution in [-0.4, -0.2) is 19.1 Å². The molecule has 4 nitrogen and oxygen atoms in total. The van der Waals surface area contributed by atoms with Crippen LogP contribution in [0.2, 0.25) is 0 Å². The Bertz CT molecular complexity index is 727. The van der Waals surface area contributed by atoms with Crippen LogP contribution in [0, 0.1) is 13.8 Å². The van der Waals surface area contributed by atoms with Crippen molar-refractivity contribution in [2.45, 2.75) is 46.3 Å². The van der Waals surface area contributed by atoms with Crippen molar-refractivity contribution in [3.63, 3.8) is 0 Å². The highest BCUT2D eigenvalue weighted by molar-refractivity contribution is 5.81. The fourth-order valence-corrected chi connectivity index (χ4v) is 2.84. The van der Waals surface area contributed by atoms with Gasteiger partial charge in [-0.25, -0.2) is 0 Å². The van der Waals surface area contributed by atoms with Crippen molar-refractivity contribution in [2.24, 2.45) is 0 Å². The van der Waals surface area contributed by atoms with Crippen molar-refractivity contribution in [3.05, 3.63) is 59.2 Å². The summed E-state index contributed by atoms with van der Waals surface area (Å²) in [5, 5.41) is 3.10. The predicted octanol–water partition coefficient (Wildman–Crippen LogP) is 4.35. The van der Waals surface area contributed by atoms with E-state index in [9.17, 15) is 4.79 Å².